The van der Waals surface area contributed by atoms with Crippen LogP contribution < -0.4 is 11.1 Å². The molecule has 0 spiro atoms. The summed E-state index contributed by atoms with van der Waals surface area (Å²) in [5, 5.41) is 2.77. The number of amides is 1. The summed E-state index contributed by atoms with van der Waals surface area (Å²) in [6.07, 6.45) is -0.156. The Balaban J connectivity index is 2.49. The third-order valence-electron chi connectivity index (χ3n) is 3.47. The van der Waals surface area contributed by atoms with Crippen molar-refractivity contribution in [3.05, 3.63) is 35.9 Å². The number of nitrogens with two attached hydrogens (primary N) is 1. The van der Waals surface area contributed by atoms with Crippen LogP contribution in [0, 0.1) is 11.8 Å². The van der Waals surface area contributed by atoms with Crippen LogP contribution in [0.5, 0.6) is 0 Å². The van der Waals surface area contributed by atoms with Gasteiger partial charge in [0.25, 0.3) is 0 Å². The molecule has 1 rings (SSSR count). The Kier molecular flexibility index (Phi) is 7.05. The van der Waals surface area contributed by atoms with Gasteiger partial charge in [-0.05, 0) is 19.4 Å². The molecule has 1 amide bonds. The molecule has 0 fully saturated rings. The molecule has 0 aromatic heterocycles. The van der Waals surface area contributed by atoms with Crippen molar-refractivity contribution < 1.29 is 14.3 Å². The standard InChI is InChI=1S/C17H26N2O3/c1-11(2)22-17(21)12(3)10-19-16(20)13(4)15(18)14-8-6-5-7-9-14/h5-9,11-13,15H,10,18H2,1-4H3,(H,19,20)/t12-,13+,15-/m1/s1. The summed E-state index contributed by atoms with van der Waals surface area (Å²) in [5.41, 5.74) is 7.03. The van der Waals surface area contributed by atoms with Crippen LogP contribution in [0.2, 0.25) is 0 Å². The van der Waals surface area contributed by atoms with Crippen LogP contribution in [0.3, 0.4) is 0 Å². The first-order chi connectivity index (χ1) is 10.3. The SMILES string of the molecule is CC(C)OC(=O)[C@H](C)CNC(=O)[C@@H](C)[C@@H](N)c1ccccc1. The fraction of sp³-hybridized carbons (Fsp3) is 0.529. The number of hydrogen-bond acceptors (Lipinski definition) is 4. The van der Waals surface area contributed by atoms with Gasteiger partial charge in [-0.25, -0.2) is 0 Å². The molecule has 0 aliphatic heterocycles. The first-order valence-corrected chi connectivity index (χ1v) is 7.61. The number of carbonyl (C=O) groups excluding carboxylic acids is 2. The topological polar surface area (TPSA) is 81.4 Å². The lowest BCUT2D eigenvalue weighted by Crippen LogP contribution is -2.39. The Morgan fingerprint density at radius 2 is 1.73 bits per heavy atom. The van der Waals surface area contributed by atoms with Crippen LogP contribution in [-0.2, 0) is 14.3 Å². The van der Waals surface area contributed by atoms with Gasteiger partial charge in [-0.3, -0.25) is 9.59 Å². The lowest BCUT2D eigenvalue weighted by Gasteiger charge is -2.21. The maximum atomic E-state index is 12.2. The second-order valence-electron chi connectivity index (χ2n) is 5.86. The fourth-order valence-electron chi connectivity index (χ4n) is 1.97. The molecular formula is C17H26N2O3. The number of ether oxygens (including phenoxy) is 1. The molecule has 0 saturated heterocycles. The van der Waals surface area contributed by atoms with Gasteiger partial charge in [-0.15, -0.1) is 0 Å². The molecule has 3 atom stereocenters. The summed E-state index contributed by atoms with van der Waals surface area (Å²) < 4.78 is 5.11. The highest BCUT2D eigenvalue weighted by molar-refractivity contribution is 5.80. The van der Waals surface area contributed by atoms with E-state index in [2.05, 4.69) is 5.32 Å². The molecule has 1 aromatic rings. The van der Waals surface area contributed by atoms with Crippen molar-refractivity contribution in [2.24, 2.45) is 17.6 Å². The third kappa shape index (κ3) is 5.48. The molecule has 122 valence electrons. The third-order valence-corrected chi connectivity index (χ3v) is 3.47. The van der Waals surface area contributed by atoms with Crippen LogP contribution in [0.15, 0.2) is 30.3 Å². The highest BCUT2D eigenvalue weighted by Gasteiger charge is 2.23. The first kappa shape index (κ1) is 18.2. The van der Waals surface area contributed by atoms with Crippen molar-refractivity contribution in [2.75, 3.05) is 6.54 Å². The lowest BCUT2D eigenvalue weighted by molar-refractivity contribution is -0.151. The van der Waals surface area contributed by atoms with Crippen molar-refractivity contribution in [2.45, 2.75) is 39.8 Å². The quantitative estimate of drug-likeness (QED) is 0.755. The zero-order chi connectivity index (χ0) is 16.7. The molecule has 0 unspecified atom stereocenters. The van der Waals surface area contributed by atoms with E-state index in [0.717, 1.165) is 5.56 Å². The average Bonchev–Trinajstić information content (AvgIpc) is 2.50. The van der Waals surface area contributed by atoms with Gasteiger partial charge >= 0.3 is 5.97 Å². The lowest BCUT2D eigenvalue weighted by atomic mass is 9.94. The van der Waals surface area contributed by atoms with Crippen molar-refractivity contribution in [3.8, 4) is 0 Å². The van der Waals surface area contributed by atoms with Gasteiger partial charge in [-0.1, -0.05) is 44.2 Å². The van der Waals surface area contributed by atoms with Gasteiger partial charge in [0.1, 0.15) is 0 Å². The van der Waals surface area contributed by atoms with Crippen LogP contribution in [0.4, 0.5) is 0 Å². The van der Waals surface area contributed by atoms with E-state index in [1.165, 1.54) is 0 Å². The Hall–Kier alpha value is -1.88. The molecular weight excluding hydrogens is 280 g/mol. The maximum absolute atomic E-state index is 12.2. The van der Waals surface area contributed by atoms with E-state index in [1.54, 1.807) is 27.7 Å². The number of esters is 1. The van der Waals surface area contributed by atoms with Crippen molar-refractivity contribution in [1.29, 1.82) is 0 Å². The monoisotopic (exact) mass is 306 g/mol. The molecule has 0 heterocycles. The largest absolute Gasteiger partial charge is 0.463 e. The number of rotatable bonds is 7. The molecule has 0 aliphatic carbocycles. The second kappa shape index (κ2) is 8.54. The maximum Gasteiger partial charge on any atom is 0.310 e. The normalized spacial score (nSPS) is 15.0. The van der Waals surface area contributed by atoms with Gasteiger partial charge in [0.15, 0.2) is 0 Å². The number of nitrogens with one attached hydrogen (secondary N) is 1. The van der Waals surface area contributed by atoms with E-state index in [-0.39, 0.29) is 42.4 Å². The van der Waals surface area contributed by atoms with E-state index < -0.39 is 0 Å². The van der Waals surface area contributed by atoms with Crippen LogP contribution in [0.25, 0.3) is 0 Å². The zero-order valence-corrected chi connectivity index (χ0v) is 13.7. The summed E-state index contributed by atoms with van der Waals surface area (Å²) in [6, 6.07) is 9.12. The molecule has 0 aliphatic rings. The van der Waals surface area contributed by atoms with Crippen LogP contribution in [-0.4, -0.2) is 24.5 Å². The Bertz CT molecular complexity index is 488. The predicted octanol–water partition coefficient (Wildman–Crippen LogP) is 2.03. The van der Waals surface area contributed by atoms with E-state index >= 15 is 0 Å². The van der Waals surface area contributed by atoms with Gasteiger partial charge in [0.05, 0.1) is 17.9 Å². The highest BCUT2D eigenvalue weighted by Crippen LogP contribution is 2.19. The molecule has 0 radical (unpaired) electrons. The minimum Gasteiger partial charge on any atom is -0.463 e. The zero-order valence-electron chi connectivity index (χ0n) is 13.7. The molecule has 0 saturated carbocycles. The molecule has 5 heteroatoms. The first-order valence-electron chi connectivity index (χ1n) is 7.61. The highest BCUT2D eigenvalue weighted by atomic mass is 16.5. The van der Waals surface area contributed by atoms with Crippen molar-refractivity contribution in [3.63, 3.8) is 0 Å². The van der Waals surface area contributed by atoms with E-state index in [1.807, 2.05) is 30.3 Å². The molecule has 22 heavy (non-hydrogen) atoms. The molecule has 3 N–H and O–H groups in total. The fourth-order valence-corrected chi connectivity index (χ4v) is 1.97. The van der Waals surface area contributed by atoms with Crippen LogP contribution >= 0.6 is 0 Å². The van der Waals surface area contributed by atoms with E-state index in [4.69, 9.17) is 10.5 Å². The Labute approximate surface area is 132 Å². The Morgan fingerprint density at radius 1 is 1.14 bits per heavy atom. The van der Waals surface area contributed by atoms with Crippen LogP contribution in [0.1, 0.15) is 39.3 Å². The van der Waals surface area contributed by atoms with E-state index in [9.17, 15) is 9.59 Å². The van der Waals surface area contributed by atoms with Gasteiger partial charge in [-0.2, -0.15) is 0 Å². The minimum atomic E-state index is -0.383. The van der Waals surface area contributed by atoms with Gasteiger partial charge in [0.2, 0.25) is 5.91 Å². The van der Waals surface area contributed by atoms with Gasteiger partial charge in [0, 0.05) is 12.6 Å². The number of hydrogen-bond donors (Lipinski definition) is 2. The molecule has 1 aromatic carbocycles. The van der Waals surface area contributed by atoms with Gasteiger partial charge < -0.3 is 15.8 Å². The summed E-state index contributed by atoms with van der Waals surface area (Å²) in [5.74, 6) is -1.24. The summed E-state index contributed by atoms with van der Waals surface area (Å²) >= 11 is 0. The van der Waals surface area contributed by atoms with E-state index in [0.29, 0.717) is 0 Å². The van der Waals surface area contributed by atoms with Crippen molar-refractivity contribution in [1.82, 2.24) is 5.32 Å². The predicted molar refractivity (Wildman–Crippen MR) is 85.9 cm³/mol. The van der Waals surface area contributed by atoms with Crippen molar-refractivity contribution >= 4 is 11.9 Å². The average molecular weight is 306 g/mol. The smallest absolute Gasteiger partial charge is 0.310 e. The minimum absolute atomic E-state index is 0.156. The summed E-state index contributed by atoms with van der Waals surface area (Å²) in [4.78, 5) is 23.9. The molecule has 0 bridgehead atoms. The number of carbonyl (C=O) groups is 2. The summed E-state index contributed by atoms with van der Waals surface area (Å²) in [6.45, 7) is 7.35. The number of benzene rings is 1. The second-order valence-corrected chi connectivity index (χ2v) is 5.86. The molecule has 5 nitrogen and oxygen atoms in total. The summed E-state index contributed by atoms with van der Waals surface area (Å²) in [7, 11) is 0. The Morgan fingerprint density at radius 3 is 2.27 bits per heavy atom.